The summed E-state index contributed by atoms with van der Waals surface area (Å²) in [6, 6.07) is 4.97. The number of anilines is 1. The molecule has 7 heteroatoms. The molecule has 0 aromatic heterocycles. The number of carbonyl (C=O) groups is 2. The summed E-state index contributed by atoms with van der Waals surface area (Å²) in [6.07, 6.45) is 1.15. The molecule has 6 nitrogen and oxygen atoms in total. The van der Waals surface area contributed by atoms with E-state index in [0.29, 0.717) is 23.4 Å². The molecule has 0 unspecified atom stereocenters. The highest BCUT2D eigenvalue weighted by molar-refractivity contribution is 6.04. The summed E-state index contributed by atoms with van der Waals surface area (Å²) in [5, 5.41) is 8.28. The van der Waals surface area contributed by atoms with E-state index >= 15 is 0 Å². The molecule has 0 heterocycles. The van der Waals surface area contributed by atoms with E-state index in [1.165, 1.54) is 7.11 Å². The number of nitrogens with one attached hydrogen (secondary N) is 3. The Morgan fingerprint density at radius 1 is 1.24 bits per heavy atom. The quantitative estimate of drug-likeness (QED) is 0.665. The number of halogens is 1. The Hall–Kier alpha value is -1.79. The van der Waals surface area contributed by atoms with Crippen molar-refractivity contribution in [2.45, 2.75) is 12.8 Å². The number of rotatable bonds is 7. The molecule has 21 heavy (non-hydrogen) atoms. The Kier molecular flexibility index (Phi) is 9.16. The van der Waals surface area contributed by atoms with Crippen molar-refractivity contribution in [1.82, 2.24) is 10.6 Å². The van der Waals surface area contributed by atoms with Crippen LogP contribution >= 0.6 is 12.4 Å². The van der Waals surface area contributed by atoms with E-state index < -0.39 is 0 Å². The highest BCUT2D eigenvalue weighted by Crippen LogP contribution is 2.22. The van der Waals surface area contributed by atoms with Gasteiger partial charge in [0.05, 0.1) is 18.4 Å². The molecule has 0 spiro atoms. The lowest BCUT2D eigenvalue weighted by Gasteiger charge is -2.11. The maximum Gasteiger partial charge on any atom is 0.253 e. The van der Waals surface area contributed by atoms with Gasteiger partial charge in [0.25, 0.3) is 5.91 Å². The van der Waals surface area contributed by atoms with Gasteiger partial charge in [-0.3, -0.25) is 9.59 Å². The average molecular weight is 316 g/mol. The number of benzene rings is 1. The lowest BCUT2D eigenvalue weighted by Crippen LogP contribution is -2.22. The number of methoxy groups -OCH3 is 1. The van der Waals surface area contributed by atoms with Crippen molar-refractivity contribution in [2.24, 2.45) is 0 Å². The van der Waals surface area contributed by atoms with Gasteiger partial charge in [-0.1, -0.05) is 0 Å². The Bertz CT molecular complexity index is 481. The van der Waals surface area contributed by atoms with Crippen LogP contribution in [-0.4, -0.2) is 39.6 Å². The highest BCUT2D eigenvalue weighted by Gasteiger charge is 2.13. The summed E-state index contributed by atoms with van der Waals surface area (Å²) in [7, 11) is 4.91. The first-order valence-electron chi connectivity index (χ1n) is 6.47. The summed E-state index contributed by atoms with van der Waals surface area (Å²) in [6.45, 7) is 0.776. The van der Waals surface area contributed by atoms with Gasteiger partial charge >= 0.3 is 0 Å². The van der Waals surface area contributed by atoms with Crippen LogP contribution in [0, 0.1) is 0 Å². The molecule has 0 aliphatic carbocycles. The molecule has 1 rings (SSSR count). The second-order valence-electron chi connectivity index (χ2n) is 4.25. The largest absolute Gasteiger partial charge is 0.497 e. The fourth-order valence-corrected chi connectivity index (χ4v) is 1.72. The molecule has 0 fully saturated rings. The fraction of sp³-hybridized carbons (Fsp3) is 0.429. The Labute approximate surface area is 131 Å². The minimum absolute atomic E-state index is 0. The van der Waals surface area contributed by atoms with Crippen molar-refractivity contribution in [3.8, 4) is 5.75 Å². The molecular formula is C14H22ClN3O3. The first-order valence-corrected chi connectivity index (χ1v) is 6.47. The monoisotopic (exact) mass is 315 g/mol. The molecule has 0 aliphatic heterocycles. The van der Waals surface area contributed by atoms with Crippen molar-refractivity contribution < 1.29 is 14.3 Å². The SMILES string of the molecule is CNCCCC(=O)Nc1ccc(OC)cc1C(=O)NC.Cl. The second kappa shape index (κ2) is 10.0. The molecule has 0 bridgehead atoms. The van der Waals surface area contributed by atoms with Crippen LogP contribution in [0.5, 0.6) is 5.75 Å². The molecule has 0 saturated heterocycles. The van der Waals surface area contributed by atoms with E-state index in [4.69, 9.17) is 4.74 Å². The topological polar surface area (TPSA) is 79.5 Å². The van der Waals surface area contributed by atoms with Crippen molar-refractivity contribution in [2.75, 3.05) is 33.1 Å². The minimum Gasteiger partial charge on any atom is -0.497 e. The number of hydrogen-bond donors (Lipinski definition) is 3. The van der Waals surface area contributed by atoms with Crippen LogP contribution in [0.1, 0.15) is 23.2 Å². The predicted octanol–water partition coefficient (Wildman–Crippen LogP) is 1.41. The fourth-order valence-electron chi connectivity index (χ4n) is 1.72. The number of hydrogen-bond acceptors (Lipinski definition) is 4. The normalized spacial score (nSPS) is 9.48. The van der Waals surface area contributed by atoms with Crippen molar-refractivity contribution in [1.29, 1.82) is 0 Å². The molecule has 1 aromatic carbocycles. The van der Waals surface area contributed by atoms with Crippen LogP contribution in [-0.2, 0) is 4.79 Å². The number of carbonyl (C=O) groups excluding carboxylic acids is 2. The van der Waals surface area contributed by atoms with Gasteiger partial charge in [-0.2, -0.15) is 0 Å². The van der Waals surface area contributed by atoms with Gasteiger partial charge in [0.15, 0.2) is 0 Å². The molecule has 3 N–H and O–H groups in total. The van der Waals surface area contributed by atoms with Gasteiger partial charge in [0.2, 0.25) is 5.91 Å². The smallest absolute Gasteiger partial charge is 0.253 e. The van der Waals surface area contributed by atoms with Crippen molar-refractivity contribution in [3.63, 3.8) is 0 Å². The second-order valence-corrected chi connectivity index (χ2v) is 4.25. The summed E-state index contributed by atoms with van der Waals surface area (Å²) < 4.78 is 5.09. The Balaban J connectivity index is 0.00000400. The maximum absolute atomic E-state index is 11.8. The van der Waals surface area contributed by atoms with Crippen LogP contribution in [0.25, 0.3) is 0 Å². The van der Waals surface area contributed by atoms with Crippen LogP contribution in [0.4, 0.5) is 5.69 Å². The van der Waals surface area contributed by atoms with Crippen molar-refractivity contribution >= 4 is 29.9 Å². The van der Waals surface area contributed by atoms with E-state index in [9.17, 15) is 9.59 Å². The standard InChI is InChI=1S/C14H21N3O3.ClH/c1-15-8-4-5-13(18)17-12-7-6-10(20-3)9-11(12)14(19)16-2;/h6-7,9,15H,4-5,8H2,1-3H3,(H,16,19)(H,17,18);1H. The van der Waals surface area contributed by atoms with E-state index in [-0.39, 0.29) is 24.2 Å². The van der Waals surface area contributed by atoms with Gasteiger partial charge in [-0.05, 0) is 38.2 Å². The first kappa shape index (κ1) is 19.2. The molecule has 0 aliphatic rings. The molecule has 0 atom stereocenters. The van der Waals surface area contributed by atoms with Gasteiger partial charge in [-0.25, -0.2) is 0 Å². The van der Waals surface area contributed by atoms with Crippen LogP contribution in [0.2, 0.25) is 0 Å². The van der Waals surface area contributed by atoms with Crippen LogP contribution < -0.4 is 20.7 Å². The van der Waals surface area contributed by atoms with Gasteiger partial charge in [-0.15, -0.1) is 12.4 Å². The highest BCUT2D eigenvalue weighted by atomic mass is 35.5. The summed E-state index contributed by atoms with van der Waals surface area (Å²) in [4.78, 5) is 23.6. The predicted molar refractivity (Wildman–Crippen MR) is 85.4 cm³/mol. The summed E-state index contributed by atoms with van der Waals surface area (Å²) >= 11 is 0. The van der Waals surface area contributed by atoms with Gasteiger partial charge in [0.1, 0.15) is 5.75 Å². The Morgan fingerprint density at radius 2 is 1.95 bits per heavy atom. The third kappa shape index (κ3) is 6.01. The van der Waals surface area contributed by atoms with E-state index in [0.717, 1.165) is 13.0 Å². The third-order valence-electron chi connectivity index (χ3n) is 2.80. The molecular weight excluding hydrogens is 294 g/mol. The number of ether oxygens (including phenoxy) is 1. The third-order valence-corrected chi connectivity index (χ3v) is 2.80. The van der Waals surface area contributed by atoms with E-state index in [1.807, 2.05) is 7.05 Å². The average Bonchev–Trinajstić information content (AvgIpc) is 2.47. The van der Waals surface area contributed by atoms with Gasteiger partial charge in [0, 0.05) is 13.5 Å². The van der Waals surface area contributed by atoms with Gasteiger partial charge < -0.3 is 20.7 Å². The minimum atomic E-state index is -0.269. The molecule has 0 saturated carbocycles. The van der Waals surface area contributed by atoms with Crippen LogP contribution in [0.15, 0.2) is 18.2 Å². The maximum atomic E-state index is 11.8. The molecule has 118 valence electrons. The zero-order valence-corrected chi connectivity index (χ0v) is 13.3. The van der Waals surface area contributed by atoms with Crippen LogP contribution in [0.3, 0.4) is 0 Å². The summed E-state index contributed by atoms with van der Waals surface area (Å²) in [5.74, 6) is 0.182. The molecule has 2 amide bonds. The number of amides is 2. The zero-order valence-electron chi connectivity index (χ0n) is 12.5. The lowest BCUT2D eigenvalue weighted by molar-refractivity contribution is -0.116. The van der Waals surface area contributed by atoms with Crippen molar-refractivity contribution in [3.05, 3.63) is 23.8 Å². The van der Waals surface area contributed by atoms with E-state index in [2.05, 4.69) is 16.0 Å². The molecule has 1 aromatic rings. The molecule has 0 radical (unpaired) electrons. The first-order chi connectivity index (χ1) is 9.62. The zero-order chi connectivity index (χ0) is 15.0. The summed E-state index contributed by atoms with van der Waals surface area (Å²) in [5.41, 5.74) is 0.869. The van der Waals surface area contributed by atoms with E-state index in [1.54, 1.807) is 25.2 Å². The lowest BCUT2D eigenvalue weighted by atomic mass is 10.1. The Morgan fingerprint density at radius 3 is 2.52 bits per heavy atom.